The van der Waals surface area contributed by atoms with Gasteiger partial charge in [0.15, 0.2) is 0 Å². The number of halogens is 1. The standard InChI is InChI=1S/C15H21FN2/c1-9-3-12(17)8-14(16)15(9)18(2)13-6-10-4-11(5-10)7-13/h3,8,10-11,13H,4-7,17H2,1-2H3. The van der Waals surface area contributed by atoms with Crippen molar-refractivity contribution in [3.05, 3.63) is 23.5 Å². The number of nitrogens with zero attached hydrogens (tertiary/aromatic N) is 1. The number of anilines is 2. The van der Waals surface area contributed by atoms with Gasteiger partial charge in [-0.05, 0) is 62.1 Å². The molecule has 0 aliphatic heterocycles. The van der Waals surface area contributed by atoms with E-state index >= 15 is 0 Å². The lowest BCUT2D eigenvalue weighted by atomic mass is 9.63. The summed E-state index contributed by atoms with van der Waals surface area (Å²) in [5.41, 5.74) is 7.86. The monoisotopic (exact) mass is 248 g/mol. The summed E-state index contributed by atoms with van der Waals surface area (Å²) in [6.07, 6.45) is 5.23. The van der Waals surface area contributed by atoms with Crippen molar-refractivity contribution in [3.8, 4) is 0 Å². The smallest absolute Gasteiger partial charge is 0.148 e. The molecule has 0 unspecified atom stereocenters. The summed E-state index contributed by atoms with van der Waals surface area (Å²) < 4.78 is 14.1. The minimum absolute atomic E-state index is 0.186. The first-order valence-electron chi connectivity index (χ1n) is 6.83. The van der Waals surface area contributed by atoms with E-state index in [1.54, 1.807) is 0 Å². The Balaban J connectivity index is 1.85. The van der Waals surface area contributed by atoms with Crippen molar-refractivity contribution >= 4 is 11.4 Å². The molecule has 0 saturated heterocycles. The predicted molar refractivity (Wildman–Crippen MR) is 73.2 cm³/mol. The van der Waals surface area contributed by atoms with Crippen LogP contribution in [0.2, 0.25) is 0 Å². The largest absolute Gasteiger partial charge is 0.399 e. The molecule has 1 aromatic carbocycles. The van der Waals surface area contributed by atoms with Crippen molar-refractivity contribution in [2.24, 2.45) is 11.8 Å². The number of hydrogen-bond donors (Lipinski definition) is 1. The maximum atomic E-state index is 14.1. The second kappa shape index (κ2) is 4.15. The highest BCUT2D eigenvalue weighted by Gasteiger charge is 2.40. The zero-order valence-electron chi connectivity index (χ0n) is 11.1. The molecule has 3 saturated carbocycles. The summed E-state index contributed by atoms with van der Waals surface area (Å²) in [6, 6.07) is 3.79. The SMILES string of the molecule is Cc1cc(N)cc(F)c1N(C)C1CC2CC(C2)C1. The molecule has 3 aliphatic carbocycles. The van der Waals surface area contributed by atoms with E-state index in [1.807, 2.05) is 20.0 Å². The van der Waals surface area contributed by atoms with Crippen LogP contribution < -0.4 is 10.6 Å². The zero-order valence-corrected chi connectivity index (χ0v) is 11.1. The number of aryl methyl sites for hydroxylation is 1. The maximum Gasteiger partial charge on any atom is 0.148 e. The highest BCUT2D eigenvalue weighted by molar-refractivity contribution is 5.60. The molecule has 2 N–H and O–H groups in total. The topological polar surface area (TPSA) is 29.3 Å². The van der Waals surface area contributed by atoms with Crippen molar-refractivity contribution in [2.75, 3.05) is 17.7 Å². The Labute approximate surface area is 108 Å². The fourth-order valence-electron chi connectivity index (χ4n) is 3.83. The molecule has 4 rings (SSSR count). The molecular formula is C15H21FN2. The van der Waals surface area contributed by atoms with Crippen molar-refractivity contribution in [2.45, 2.75) is 38.6 Å². The lowest BCUT2D eigenvalue weighted by Gasteiger charge is -2.48. The molecule has 0 heterocycles. The molecule has 0 radical (unpaired) electrons. The molecule has 3 heteroatoms. The van der Waals surface area contributed by atoms with E-state index in [2.05, 4.69) is 4.90 Å². The third-order valence-electron chi connectivity index (χ3n) is 4.72. The summed E-state index contributed by atoms with van der Waals surface area (Å²) in [7, 11) is 2.02. The molecule has 2 nitrogen and oxygen atoms in total. The van der Waals surface area contributed by atoms with E-state index in [1.165, 1.54) is 31.7 Å². The number of rotatable bonds is 2. The molecular weight excluding hydrogens is 227 g/mol. The molecule has 18 heavy (non-hydrogen) atoms. The number of benzene rings is 1. The zero-order chi connectivity index (χ0) is 12.9. The van der Waals surface area contributed by atoms with Crippen LogP contribution in [0.5, 0.6) is 0 Å². The third-order valence-corrected chi connectivity index (χ3v) is 4.72. The van der Waals surface area contributed by atoms with Gasteiger partial charge in [0, 0.05) is 18.8 Å². The lowest BCUT2D eigenvalue weighted by Crippen LogP contribution is -2.45. The van der Waals surface area contributed by atoms with Crippen LogP contribution in [0.15, 0.2) is 12.1 Å². The van der Waals surface area contributed by atoms with Gasteiger partial charge in [0.2, 0.25) is 0 Å². The highest BCUT2D eigenvalue weighted by Crippen LogP contribution is 2.47. The normalized spacial score (nSPS) is 29.8. The van der Waals surface area contributed by atoms with Crippen LogP contribution in [-0.2, 0) is 0 Å². The molecule has 98 valence electrons. The first-order chi connectivity index (χ1) is 8.54. The van der Waals surface area contributed by atoms with Crippen LogP contribution in [0.3, 0.4) is 0 Å². The molecule has 2 bridgehead atoms. The Morgan fingerprint density at radius 3 is 2.33 bits per heavy atom. The van der Waals surface area contributed by atoms with Crippen molar-refractivity contribution in [3.63, 3.8) is 0 Å². The summed E-state index contributed by atoms with van der Waals surface area (Å²) >= 11 is 0. The fourth-order valence-corrected chi connectivity index (χ4v) is 3.83. The number of hydrogen-bond acceptors (Lipinski definition) is 2. The Kier molecular flexibility index (Phi) is 2.72. The molecule has 0 spiro atoms. The summed E-state index contributed by atoms with van der Waals surface area (Å²) in [5.74, 6) is 1.58. The minimum Gasteiger partial charge on any atom is -0.399 e. The average Bonchev–Trinajstić information content (AvgIpc) is 2.26. The van der Waals surface area contributed by atoms with Crippen LogP contribution in [0.1, 0.15) is 31.2 Å². The van der Waals surface area contributed by atoms with Gasteiger partial charge >= 0.3 is 0 Å². The Morgan fingerprint density at radius 2 is 1.78 bits per heavy atom. The Morgan fingerprint density at radius 1 is 1.17 bits per heavy atom. The van der Waals surface area contributed by atoms with Crippen LogP contribution in [0.4, 0.5) is 15.8 Å². The van der Waals surface area contributed by atoms with Gasteiger partial charge in [0.25, 0.3) is 0 Å². The molecule has 3 fully saturated rings. The van der Waals surface area contributed by atoms with Gasteiger partial charge in [-0.25, -0.2) is 4.39 Å². The summed E-state index contributed by atoms with van der Waals surface area (Å²) in [4.78, 5) is 2.14. The van der Waals surface area contributed by atoms with E-state index in [9.17, 15) is 4.39 Å². The van der Waals surface area contributed by atoms with Gasteiger partial charge in [-0.1, -0.05) is 0 Å². The minimum atomic E-state index is -0.186. The van der Waals surface area contributed by atoms with Gasteiger partial charge in [-0.2, -0.15) is 0 Å². The molecule has 0 amide bonds. The molecule has 0 atom stereocenters. The van der Waals surface area contributed by atoms with Crippen molar-refractivity contribution in [1.82, 2.24) is 0 Å². The predicted octanol–water partition coefficient (Wildman–Crippen LogP) is 3.34. The Hall–Kier alpha value is -1.25. The van der Waals surface area contributed by atoms with Crippen LogP contribution >= 0.6 is 0 Å². The first-order valence-corrected chi connectivity index (χ1v) is 6.83. The second-order valence-electron chi connectivity index (χ2n) is 6.11. The van der Waals surface area contributed by atoms with Crippen LogP contribution in [0.25, 0.3) is 0 Å². The van der Waals surface area contributed by atoms with Gasteiger partial charge in [0.05, 0.1) is 5.69 Å². The van der Waals surface area contributed by atoms with E-state index in [4.69, 9.17) is 5.73 Å². The van der Waals surface area contributed by atoms with Crippen LogP contribution in [0, 0.1) is 24.6 Å². The summed E-state index contributed by atoms with van der Waals surface area (Å²) in [6.45, 7) is 1.94. The van der Waals surface area contributed by atoms with Crippen molar-refractivity contribution in [1.29, 1.82) is 0 Å². The van der Waals surface area contributed by atoms with E-state index < -0.39 is 0 Å². The Bertz CT molecular complexity index is 433. The first kappa shape index (κ1) is 11.8. The van der Waals surface area contributed by atoms with Crippen LogP contribution in [-0.4, -0.2) is 13.1 Å². The second-order valence-corrected chi connectivity index (χ2v) is 6.11. The number of nitrogens with two attached hydrogens (primary N) is 1. The lowest BCUT2D eigenvalue weighted by molar-refractivity contribution is 0.0964. The fraction of sp³-hybridized carbons (Fsp3) is 0.600. The summed E-state index contributed by atoms with van der Waals surface area (Å²) in [5, 5.41) is 0. The van der Waals surface area contributed by atoms with Gasteiger partial charge in [-0.15, -0.1) is 0 Å². The number of fused-ring (bicyclic) bond motifs is 2. The molecule has 0 aromatic heterocycles. The third kappa shape index (κ3) is 1.86. The number of nitrogen functional groups attached to an aromatic ring is 1. The van der Waals surface area contributed by atoms with E-state index in [0.717, 1.165) is 23.1 Å². The van der Waals surface area contributed by atoms with Crippen molar-refractivity contribution < 1.29 is 4.39 Å². The van der Waals surface area contributed by atoms with Gasteiger partial charge < -0.3 is 10.6 Å². The van der Waals surface area contributed by atoms with E-state index in [-0.39, 0.29) is 5.82 Å². The maximum absolute atomic E-state index is 14.1. The van der Waals surface area contributed by atoms with Gasteiger partial charge in [0.1, 0.15) is 5.82 Å². The quantitative estimate of drug-likeness (QED) is 0.813. The highest BCUT2D eigenvalue weighted by atomic mass is 19.1. The van der Waals surface area contributed by atoms with E-state index in [0.29, 0.717) is 11.7 Å². The van der Waals surface area contributed by atoms with Gasteiger partial charge in [-0.3, -0.25) is 0 Å². The average molecular weight is 248 g/mol. The molecule has 3 aliphatic rings. The molecule has 1 aromatic rings.